The molecule has 6 heteroatoms. The molecule has 0 bridgehead atoms. The first-order valence-electron chi connectivity index (χ1n) is 7.07. The number of nitrogens with one attached hydrogen (secondary N) is 2. The van der Waals surface area contributed by atoms with E-state index in [0.29, 0.717) is 24.9 Å². The Morgan fingerprint density at radius 1 is 1.27 bits per heavy atom. The van der Waals surface area contributed by atoms with Crippen molar-refractivity contribution in [1.82, 2.24) is 5.32 Å². The summed E-state index contributed by atoms with van der Waals surface area (Å²) in [4.78, 5) is 24.8. The van der Waals surface area contributed by atoms with E-state index < -0.39 is 0 Å². The van der Waals surface area contributed by atoms with Gasteiger partial charge in [-0.25, -0.2) is 0 Å². The van der Waals surface area contributed by atoms with Gasteiger partial charge in [-0.1, -0.05) is 0 Å². The molecule has 0 radical (unpaired) electrons. The average molecular weight is 379 g/mol. The van der Waals surface area contributed by atoms with E-state index in [9.17, 15) is 9.59 Å². The molecule has 3 rings (SSSR count). The maximum absolute atomic E-state index is 12.2. The first-order chi connectivity index (χ1) is 10.6. The average Bonchev–Trinajstić information content (AvgIpc) is 2.92. The summed E-state index contributed by atoms with van der Waals surface area (Å²) in [5.74, 6) is -0.0397. The summed E-state index contributed by atoms with van der Waals surface area (Å²) < 4.78 is 1.10. The highest BCUT2D eigenvalue weighted by molar-refractivity contribution is 9.11. The van der Waals surface area contributed by atoms with E-state index in [4.69, 9.17) is 0 Å². The van der Waals surface area contributed by atoms with Crippen molar-refractivity contribution in [3.05, 3.63) is 50.1 Å². The van der Waals surface area contributed by atoms with E-state index in [1.165, 1.54) is 4.88 Å². The van der Waals surface area contributed by atoms with E-state index in [-0.39, 0.29) is 11.8 Å². The maximum atomic E-state index is 12.2. The Balaban J connectivity index is 1.59. The molecule has 4 nitrogen and oxygen atoms in total. The fourth-order valence-electron chi connectivity index (χ4n) is 2.41. The van der Waals surface area contributed by atoms with Gasteiger partial charge in [0.15, 0.2) is 0 Å². The van der Waals surface area contributed by atoms with Crippen LogP contribution in [-0.4, -0.2) is 18.4 Å². The Morgan fingerprint density at radius 3 is 2.91 bits per heavy atom. The summed E-state index contributed by atoms with van der Waals surface area (Å²) in [6.07, 6.45) is 1.99. The van der Waals surface area contributed by atoms with Gasteiger partial charge >= 0.3 is 0 Å². The molecular weight excluding hydrogens is 364 g/mol. The maximum Gasteiger partial charge on any atom is 0.251 e. The van der Waals surface area contributed by atoms with Crippen LogP contribution >= 0.6 is 27.3 Å². The molecule has 1 aromatic heterocycles. The Kier molecular flexibility index (Phi) is 4.59. The molecule has 0 fully saturated rings. The zero-order chi connectivity index (χ0) is 15.5. The minimum absolute atomic E-state index is 0.0341. The molecule has 0 aliphatic carbocycles. The molecule has 0 atom stereocenters. The largest absolute Gasteiger partial charge is 0.352 e. The van der Waals surface area contributed by atoms with Crippen LogP contribution in [0, 0.1) is 0 Å². The molecule has 1 aliphatic rings. The van der Waals surface area contributed by atoms with Gasteiger partial charge in [-0.15, -0.1) is 11.3 Å². The van der Waals surface area contributed by atoms with Gasteiger partial charge in [0.2, 0.25) is 5.91 Å². The smallest absolute Gasteiger partial charge is 0.251 e. The number of hydrogen-bond acceptors (Lipinski definition) is 3. The number of halogens is 1. The predicted octanol–water partition coefficient (Wildman–Crippen LogP) is 3.37. The molecule has 2 heterocycles. The fraction of sp³-hybridized carbons (Fsp3) is 0.250. The van der Waals surface area contributed by atoms with Crippen molar-refractivity contribution < 1.29 is 9.59 Å². The highest BCUT2D eigenvalue weighted by Crippen LogP contribution is 2.24. The second-order valence-corrected chi connectivity index (χ2v) is 7.68. The summed E-state index contributed by atoms with van der Waals surface area (Å²) >= 11 is 5.11. The molecule has 0 saturated heterocycles. The highest BCUT2D eigenvalue weighted by Gasteiger charge is 2.16. The van der Waals surface area contributed by atoms with Gasteiger partial charge in [0.25, 0.3) is 5.91 Å². The molecule has 0 spiro atoms. The fourth-order valence-corrected chi connectivity index (χ4v) is 3.89. The number of aryl methyl sites for hydroxylation is 1. The van der Waals surface area contributed by atoms with Crippen molar-refractivity contribution >= 4 is 44.8 Å². The molecule has 22 heavy (non-hydrogen) atoms. The number of amides is 2. The van der Waals surface area contributed by atoms with Gasteiger partial charge in [-0.3, -0.25) is 9.59 Å². The Hall–Kier alpha value is -1.66. The second kappa shape index (κ2) is 6.62. The molecular formula is C16H15BrN2O2S. The van der Waals surface area contributed by atoms with Gasteiger partial charge in [0, 0.05) is 29.1 Å². The van der Waals surface area contributed by atoms with Crippen molar-refractivity contribution in [2.45, 2.75) is 19.3 Å². The van der Waals surface area contributed by atoms with Crippen LogP contribution in [0.15, 0.2) is 34.1 Å². The van der Waals surface area contributed by atoms with Crippen LogP contribution in [0.25, 0.3) is 0 Å². The molecule has 2 amide bonds. The molecule has 2 aromatic rings. The van der Waals surface area contributed by atoms with Gasteiger partial charge in [0.1, 0.15) is 0 Å². The zero-order valence-electron chi connectivity index (χ0n) is 11.8. The predicted molar refractivity (Wildman–Crippen MR) is 91.4 cm³/mol. The third-order valence-corrected chi connectivity index (χ3v) is 5.23. The number of rotatable bonds is 4. The molecule has 1 aliphatic heterocycles. The summed E-state index contributed by atoms with van der Waals surface area (Å²) in [7, 11) is 0. The third kappa shape index (κ3) is 3.56. The lowest BCUT2D eigenvalue weighted by Crippen LogP contribution is -2.26. The molecule has 114 valence electrons. The van der Waals surface area contributed by atoms with Crippen LogP contribution in [0.5, 0.6) is 0 Å². The molecule has 0 saturated carbocycles. The van der Waals surface area contributed by atoms with Crippen LogP contribution in [-0.2, 0) is 17.6 Å². The van der Waals surface area contributed by atoms with Crippen molar-refractivity contribution in [1.29, 1.82) is 0 Å². The van der Waals surface area contributed by atoms with Crippen molar-refractivity contribution in [2.24, 2.45) is 0 Å². The Morgan fingerprint density at radius 2 is 2.14 bits per heavy atom. The monoisotopic (exact) mass is 378 g/mol. The van der Waals surface area contributed by atoms with Crippen molar-refractivity contribution in [2.75, 3.05) is 11.9 Å². The summed E-state index contributed by atoms with van der Waals surface area (Å²) in [5.41, 5.74) is 2.48. The van der Waals surface area contributed by atoms with E-state index >= 15 is 0 Å². The molecule has 0 unspecified atom stereocenters. The number of fused-ring (bicyclic) bond motifs is 1. The Labute approximate surface area is 141 Å². The minimum Gasteiger partial charge on any atom is -0.352 e. The summed E-state index contributed by atoms with van der Waals surface area (Å²) in [5, 5.41) is 5.76. The number of benzene rings is 1. The lowest BCUT2D eigenvalue weighted by atomic mass is 10.00. The van der Waals surface area contributed by atoms with E-state index in [2.05, 4.69) is 32.6 Å². The molecule has 1 aromatic carbocycles. The first kappa shape index (κ1) is 15.2. The second-order valence-electron chi connectivity index (χ2n) is 5.13. The van der Waals surface area contributed by atoms with Crippen LogP contribution in [0.3, 0.4) is 0 Å². The topological polar surface area (TPSA) is 58.2 Å². The lowest BCUT2D eigenvalue weighted by molar-refractivity contribution is -0.116. The third-order valence-electron chi connectivity index (χ3n) is 3.55. The van der Waals surface area contributed by atoms with E-state index in [1.807, 2.05) is 12.1 Å². The van der Waals surface area contributed by atoms with Gasteiger partial charge in [-0.05, 0) is 64.7 Å². The lowest BCUT2D eigenvalue weighted by Gasteiger charge is -2.17. The van der Waals surface area contributed by atoms with Crippen LogP contribution in [0.1, 0.15) is 27.2 Å². The highest BCUT2D eigenvalue weighted by atomic mass is 79.9. The first-order valence-corrected chi connectivity index (χ1v) is 8.68. The standard InChI is InChI=1S/C16H15BrN2O2S/c17-14-5-3-12(22-14)7-8-18-16(21)11-1-4-13-10(9-11)2-6-15(20)19-13/h1,3-5,9H,2,6-8H2,(H,18,21)(H,19,20). The van der Waals surface area contributed by atoms with E-state index in [0.717, 1.165) is 21.5 Å². The minimum atomic E-state index is -0.0738. The Bertz CT molecular complexity index is 727. The van der Waals surface area contributed by atoms with Gasteiger partial charge < -0.3 is 10.6 Å². The SMILES string of the molecule is O=C1CCc2cc(C(=O)NCCc3ccc(Br)s3)ccc2N1. The van der Waals surface area contributed by atoms with Crippen LogP contribution in [0.4, 0.5) is 5.69 Å². The number of thiophene rings is 1. The van der Waals surface area contributed by atoms with Crippen molar-refractivity contribution in [3.63, 3.8) is 0 Å². The number of hydrogen-bond donors (Lipinski definition) is 2. The number of anilines is 1. The molecule has 2 N–H and O–H groups in total. The van der Waals surface area contributed by atoms with Crippen LogP contribution < -0.4 is 10.6 Å². The van der Waals surface area contributed by atoms with Crippen LogP contribution in [0.2, 0.25) is 0 Å². The van der Waals surface area contributed by atoms with Gasteiger partial charge in [0.05, 0.1) is 3.79 Å². The normalized spacial score (nSPS) is 13.4. The van der Waals surface area contributed by atoms with E-state index in [1.54, 1.807) is 23.5 Å². The zero-order valence-corrected chi connectivity index (χ0v) is 14.2. The quantitative estimate of drug-likeness (QED) is 0.856. The summed E-state index contributed by atoms with van der Waals surface area (Å²) in [6.45, 7) is 0.611. The number of carbonyl (C=O) groups excluding carboxylic acids is 2. The summed E-state index contributed by atoms with van der Waals surface area (Å²) in [6, 6.07) is 9.49. The van der Waals surface area contributed by atoms with Crippen molar-refractivity contribution in [3.8, 4) is 0 Å². The van der Waals surface area contributed by atoms with Gasteiger partial charge in [-0.2, -0.15) is 0 Å². The number of carbonyl (C=O) groups is 2.